The Bertz CT molecular complexity index is 1110. The SMILES string of the molecule is O=C(Nc1ccccc1C(=O)O)c1ccc(Oc2ccc(OCCN3CCOCC3)cc2)nc1. The van der Waals surface area contributed by atoms with Crippen LogP contribution in [-0.2, 0) is 4.74 Å². The van der Waals surface area contributed by atoms with E-state index in [-0.39, 0.29) is 16.8 Å². The van der Waals surface area contributed by atoms with Gasteiger partial charge in [0.05, 0.1) is 30.0 Å². The molecule has 1 amide bonds. The molecule has 0 atom stereocenters. The molecule has 0 bridgehead atoms. The van der Waals surface area contributed by atoms with Gasteiger partial charge in [0.2, 0.25) is 5.88 Å². The summed E-state index contributed by atoms with van der Waals surface area (Å²) in [6.07, 6.45) is 1.37. The number of benzene rings is 2. The molecule has 1 fully saturated rings. The summed E-state index contributed by atoms with van der Waals surface area (Å²) < 4.78 is 16.9. The Balaban J connectivity index is 1.28. The number of ether oxygens (including phenoxy) is 3. The summed E-state index contributed by atoms with van der Waals surface area (Å²) in [5.41, 5.74) is 0.501. The van der Waals surface area contributed by atoms with E-state index in [0.717, 1.165) is 38.6 Å². The second-order valence-corrected chi connectivity index (χ2v) is 7.57. The molecule has 1 aromatic heterocycles. The van der Waals surface area contributed by atoms with Crippen LogP contribution in [0.5, 0.6) is 17.4 Å². The molecule has 2 aromatic carbocycles. The molecule has 1 aliphatic rings. The van der Waals surface area contributed by atoms with Crippen LogP contribution in [0.1, 0.15) is 20.7 Å². The summed E-state index contributed by atoms with van der Waals surface area (Å²) >= 11 is 0. The molecule has 34 heavy (non-hydrogen) atoms. The van der Waals surface area contributed by atoms with Crippen LogP contribution < -0.4 is 14.8 Å². The number of pyridine rings is 1. The summed E-state index contributed by atoms with van der Waals surface area (Å²) in [7, 11) is 0. The quantitative estimate of drug-likeness (QED) is 0.496. The number of nitrogens with zero attached hydrogens (tertiary/aromatic N) is 2. The fourth-order valence-corrected chi connectivity index (χ4v) is 3.39. The fraction of sp³-hybridized carbons (Fsp3) is 0.240. The predicted octanol–water partition coefficient (Wildman–Crippen LogP) is 3.54. The van der Waals surface area contributed by atoms with Gasteiger partial charge >= 0.3 is 5.97 Å². The highest BCUT2D eigenvalue weighted by molar-refractivity contribution is 6.07. The van der Waals surface area contributed by atoms with E-state index >= 15 is 0 Å². The third-order valence-electron chi connectivity index (χ3n) is 5.23. The minimum atomic E-state index is -1.12. The summed E-state index contributed by atoms with van der Waals surface area (Å²) in [6, 6.07) is 16.6. The van der Waals surface area contributed by atoms with Crippen molar-refractivity contribution in [3.8, 4) is 17.4 Å². The lowest BCUT2D eigenvalue weighted by molar-refractivity contribution is 0.0322. The molecule has 2 N–H and O–H groups in total. The Kier molecular flexibility index (Phi) is 7.69. The Morgan fingerprint density at radius 1 is 1.00 bits per heavy atom. The third-order valence-corrected chi connectivity index (χ3v) is 5.23. The first kappa shape index (κ1) is 23.2. The average Bonchev–Trinajstić information content (AvgIpc) is 2.86. The van der Waals surface area contributed by atoms with Crippen molar-refractivity contribution < 1.29 is 28.9 Å². The van der Waals surface area contributed by atoms with Crippen molar-refractivity contribution in [2.24, 2.45) is 0 Å². The summed E-state index contributed by atoms with van der Waals surface area (Å²) in [5, 5.41) is 11.8. The van der Waals surface area contributed by atoms with Gasteiger partial charge in [-0.1, -0.05) is 12.1 Å². The van der Waals surface area contributed by atoms with Crippen LogP contribution in [0.15, 0.2) is 66.9 Å². The second kappa shape index (κ2) is 11.3. The van der Waals surface area contributed by atoms with Crippen molar-refractivity contribution in [1.82, 2.24) is 9.88 Å². The van der Waals surface area contributed by atoms with Crippen LogP contribution in [0, 0.1) is 0 Å². The molecule has 1 saturated heterocycles. The number of carbonyl (C=O) groups excluding carboxylic acids is 1. The van der Waals surface area contributed by atoms with Gasteiger partial charge in [0.1, 0.15) is 18.1 Å². The topological polar surface area (TPSA) is 110 Å². The lowest BCUT2D eigenvalue weighted by Gasteiger charge is -2.26. The van der Waals surface area contributed by atoms with Crippen LogP contribution in [0.4, 0.5) is 5.69 Å². The van der Waals surface area contributed by atoms with E-state index in [1.165, 1.54) is 18.3 Å². The molecule has 4 rings (SSSR count). The minimum Gasteiger partial charge on any atom is -0.492 e. The average molecular weight is 463 g/mol. The van der Waals surface area contributed by atoms with Crippen LogP contribution in [0.2, 0.25) is 0 Å². The lowest BCUT2D eigenvalue weighted by atomic mass is 10.1. The summed E-state index contributed by atoms with van der Waals surface area (Å²) in [6.45, 7) is 4.85. The van der Waals surface area contributed by atoms with Gasteiger partial charge in [-0.2, -0.15) is 0 Å². The number of hydrogen-bond donors (Lipinski definition) is 2. The number of amides is 1. The molecule has 0 spiro atoms. The first-order valence-corrected chi connectivity index (χ1v) is 10.9. The van der Waals surface area contributed by atoms with Crippen molar-refractivity contribution in [3.63, 3.8) is 0 Å². The largest absolute Gasteiger partial charge is 0.492 e. The Hall–Kier alpha value is -3.95. The van der Waals surface area contributed by atoms with Gasteiger partial charge in [0.15, 0.2) is 0 Å². The van der Waals surface area contributed by atoms with Gasteiger partial charge < -0.3 is 24.6 Å². The fourth-order valence-electron chi connectivity index (χ4n) is 3.39. The van der Waals surface area contributed by atoms with E-state index in [9.17, 15) is 14.7 Å². The highest BCUT2D eigenvalue weighted by Gasteiger charge is 2.14. The van der Waals surface area contributed by atoms with Crippen LogP contribution in [0.25, 0.3) is 0 Å². The molecule has 9 nitrogen and oxygen atoms in total. The van der Waals surface area contributed by atoms with Gasteiger partial charge in [0.25, 0.3) is 5.91 Å². The van der Waals surface area contributed by atoms with E-state index in [1.807, 2.05) is 12.1 Å². The van der Waals surface area contributed by atoms with Gasteiger partial charge in [0, 0.05) is 31.9 Å². The molecular formula is C25H25N3O6. The molecule has 1 aliphatic heterocycles. The van der Waals surface area contributed by atoms with E-state index in [1.54, 1.807) is 36.4 Å². The molecule has 0 aliphatic carbocycles. The maximum Gasteiger partial charge on any atom is 0.337 e. The summed E-state index contributed by atoms with van der Waals surface area (Å²) in [4.78, 5) is 30.3. The lowest BCUT2D eigenvalue weighted by Crippen LogP contribution is -2.38. The number of nitrogens with one attached hydrogen (secondary N) is 1. The number of aromatic nitrogens is 1. The molecule has 3 aromatic rings. The maximum atomic E-state index is 12.5. The van der Waals surface area contributed by atoms with Gasteiger partial charge in [-0.25, -0.2) is 9.78 Å². The Morgan fingerprint density at radius 2 is 1.74 bits per heavy atom. The molecule has 176 valence electrons. The number of para-hydroxylation sites is 1. The molecule has 0 saturated carbocycles. The number of carboxylic acids is 1. The van der Waals surface area contributed by atoms with Crippen molar-refractivity contribution in [2.75, 3.05) is 44.8 Å². The number of hydrogen-bond acceptors (Lipinski definition) is 7. The zero-order chi connectivity index (χ0) is 23.8. The number of carboxylic acid groups (broad SMARTS) is 1. The molecule has 0 radical (unpaired) electrons. The van der Waals surface area contributed by atoms with Crippen LogP contribution in [0.3, 0.4) is 0 Å². The summed E-state index contributed by atoms with van der Waals surface area (Å²) in [5.74, 6) is 0.0731. The van der Waals surface area contributed by atoms with Crippen LogP contribution >= 0.6 is 0 Å². The van der Waals surface area contributed by atoms with Crippen LogP contribution in [-0.4, -0.2) is 66.3 Å². The van der Waals surface area contributed by atoms with Crippen molar-refractivity contribution in [3.05, 3.63) is 78.0 Å². The van der Waals surface area contributed by atoms with E-state index in [4.69, 9.17) is 14.2 Å². The molecular weight excluding hydrogens is 438 g/mol. The first-order valence-electron chi connectivity index (χ1n) is 10.9. The normalized spacial score (nSPS) is 13.8. The predicted molar refractivity (Wildman–Crippen MR) is 125 cm³/mol. The number of carbonyl (C=O) groups is 2. The van der Waals surface area contributed by atoms with Gasteiger partial charge in [-0.05, 0) is 42.5 Å². The Labute approximate surface area is 196 Å². The number of rotatable bonds is 9. The van der Waals surface area contributed by atoms with Crippen molar-refractivity contribution >= 4 is 17.6 Å². The van der Waals surface area contributed by atoms with E-state index in [0.29, 0.717) is 18.2 Å². The highest BCUT2D eigenvalue weighted by Crippen LogP contribution is 2.23. The Morgan fingerprint density at radius 3 is 2.44 bits per heavy atom. The minimum absolute atomic E-state index is 0.0114. The zero-order valence-corrected chi connectivity index (χ0v) is 18.5. The monoisotopic (exact) mass is 463 g/mol. The van der Waals surface area contributed by atoms with E-state index < -0.39 is 11.9 Å². The highest BCUT2D eigenvalue weighted by atomic mass is 16.5. The number of aromatic carboxylic acids is 1. The standard InChI is InChI=1S/C25H25N3O6/c29-24(27-22-4-2-1-3-21(22)25(30)31)18-5-10-23(26-17-18)34-20-8-6-19(7-9-20)33-16-13-28-11-14-32-15-12-28/h1-10,17H,11-16H2,(H,27,29)(H,30,31). The van der Waals surface area contributed by atoms with Crippen molar-refractivity contribution in [2.45, 2.75) is 0 Å². The first-order chi connectivity index (χ1) is 16.6. The molecule has 9 heteroatoms. The van der Waals surface area contributed by atoms with Gasteiger partial charge in [-0.15, -0.1) is 0 Å². The molecule has 0 unspecified atom stereocenters. The number of anilines is 1. The smallest absolute Gasteiger partial charge is 0.337 e. The van der Waals surface area contributed by atoms with E-state index in [2.05, 4.69) is 15.2 Å². The van der Waals surface area contributed by atoms with Gasteiger partial charge in [-0.3, -0.25) is 9.69 Å². The third kappa shape index (κ3) is 6.31. The van der Waals surface area contributed by atoms with Crippen molar-refractivity contribution in [1.29, 1.82) is 0 Å². The number of morpholine rings is 1. The second-order valence-electron chi connectivity index (χ2n) is 7.57. The zero-order valence-electron chi connectivity index (χ0n) is 18.5. The maximum absolute atomic E-state index is 12.5. The molecule has 2 heterocycles.